The lowest BCUT2D eigenvalue weighted by Crippen LogP contribution is -2.11. The highest BCUT2D eigenvalue weighted by molar-refractivity contribution is 7.98. The zero-order valence-corrected chi connectivity index (χ0v) is 9.30. The third-order valence-electron chi connectivity index (χ3n) is 1.83. The van der Waals surface area contributed by atoms with Gasteiger partial charge in [0.2, 0.25) is 5.91 Å². The van der Waals surface area contributed by atoms with Crippen molar-refractivity contribution in [3.63, 3.8) is 0 Å². The first kappa shape index (κ1) is 11.6. The summed E-state index contributed by atoms with van der Waals surface area (Å²) in [5.41, 5.74) is 1.33. The maximum Gasteiger partial charge on any atom is 0.225 e. The predicted octanol–water partition coefficient (Wildman–Crippen LogP) is 2.25. The lowest BCUT2D eigenvalue weighted by molar-refractivity contribution is -0.115. The van der Waals surface area contributed by atoms with Gasteiger partial charge in [-0.15, -0.1) is 0 Å². The molecular weight excluding hydrogens is 208 g/mol. The summed E-state index contributed by atoms with van der Waals surface area (Å²) in [6.45, 7) is 0. The van der Waals surface area contributed by atoms with E-state index in [1.165, 1.54) is 0 Å². The van der Waals surface area contributed by atoms with E-state index in [4.69, 9.17) is 5.26 Å². The molecular formula is C11H12N2OS. The second kappa shape index (κ2) is 6.10. The second-order valence-corrected chi connectivity index (χ2v) is 3.97. The summed E-state index contributed by atoms with van der Waals surface area (Å²) < 4.78 is 0. The highest BCUT2D eigenvalue weighted by atomic mass is 32.2. The number of hydrogen-bond acceptors (Lipinski definition) is 3. The van der Waals surface area contributed by atoms with Gasteiger partial charge < -0.3 is 5.32 Å². The number of nitrogens with one attached hydrogen (secondary N) is 1. The number of nitriles is 1. The van der Waals surface area contributed by atoms with Crippen molar-refractivity contribution in [3.8, 4) is 6.07 Å². The van der Waals surface area contributed by atoms with E-state index in [1.807, 2.05) is 12.3 Å². The first-order valence-corrected chi connectivity index (χ1v) is 5.94. The second-order valence-electron chi connectivity index (χ2n) is 2.98. The summed E-state index contributed by atoms with van der Waals surface area (Å²) in [5, 5.41) is 11.4. The molecule has 0 saturated carbocycles. The van der Waals surface area contributed by atoms with Gasteiger partial charge in [-0.3, -0.25) is 4.79 Å². The molecule has 1 aromatic rings. The summed E-state index contributed by atoms with van der Waals surface area (Å²) >= 11 is 1.64. The summed E-state index contributed by atoms with van der Waals surface area (Å²) in [6.07, 6.45) is 2.48. The number of thioether (sulfide) groups is 1. The average molecular weight is 220 g/mol. The van der Waals surface area contributed by atoms with Crippen LogP contribution in [0.2, 0.25) is 0 Å². The number of anilines is 1. The molecule has 3 nitrogen and oxygen atoms in total. The Kier molecular flexibility index (Phi) is 4.72. The summed E-state index contributed by atoms with van der Waals surface area (Å²) in [7, 11) is 0. The summed E-state index contributed by atoms with van der Waals surface area (Å²) in [5.74, 6) is 0.830. The average Bonchev–Trinajstić information content (AvgIpc) is 2.27. The van der Waals surface area contributed by atoms with Crippen LogP contribution in [0.3, 0.4) is 0 Å². The standard InChI is InChI=1S/C11H12N2OS/c1-15-7-6-11(14)13-10-4-2-9(8-12)3-5-10/h2-5H,6-7H2,1H3,(H,13,14). The minimum absolute atomic E-state index is 0.00839. The predicted molar refractivity (Wildman–Crippen MR) is 62.8 cm³/mol. The van der Waals surface area contributed by atoms with Crippen molar-refractivity contribution in [1.82, 2.24) is 0 Å². The smallest absolute Gasteiger partial charge is 0.225 e. The Morgan fingerprint density at radius 2 is 2.13 bits per heavy atom. The number of amides is 1. The van der Waals surface area contributed by atoms with Crippen LogP contribution >= 0.6 is 11.8 Å². The lowest BCUT2D eigenvalue weighted by Gasteiger charge is -2.03. The fourth-order valence-electron chi connectivity index (χ4n) is 1.05. The topological polar surface area (TPSA) is 52.9 Å². The molecule has 1 aromatic carbocycles. The third-order valence-corrected chi connectivity index (χ3v) is 2.44. The molecule has 0 radical (unpaired) electrons. The lowest BCUT2D eigenvalue weighted by atomic mass is 10.2. The van der Waals surface area contributed by atoms with Gasteiger partial charge in [-0.1, -0.05) is 0 Å². The molecule has 15 heavy (non-hydrogen) atoms. The Morgan fingerprint density at radius 3 is 2.67 bits per heavy atom. The Hall–Kier alpha value is -1.47. The van der Waals surface area contributed by atoms with Gasteiger partial charge in [-0.2, -0.15) is 17.0 Å². The monoisotopic (exact) mass is 220 g/mol. The molecule has 0 atom stereocenters. The van der Waals surface area contributed by atoms with Crippen molar-refractivity contribution < 1.29 is 4.79 Å². The van der Waals surface area contributed by atoms with Crippen molar-refractivity contribution in [2.24, 2.45) is 0 Å². The van der Waals surface area contributed by atoms with E-state index < -0.39 is 0 Å². The van der Waals surface area contributed by atoms with Gasteiger partial charge in [0.25, 0.3) is 0 Å². The van der Waals surface area contributed by atoms with E-state index in [2.05, 4.69) is 5.32 Å². The minimum atomic E-state index is 0.00839. The molecule has 0 fully saturated rings. The molecule has 0 heterocycles. The maximum absolute atomic E-state index is 11.3. The Morgan fingerprint density at radius 1 is 1.47 bits per heavy atom. The minimum Gasteiger partial charge on any atom is -0.326 e. The maximum atomic E-state index is 11.3. The number of nitrogens with zero attached hydrogens (tertiary/aromatic N) is 1. The number of benzene rings is 1. The van der Waals surface area contributed by atoms with Crippen LogP contribution in [-0.2, 0) is 4.79 Å². The van der Waals surface area contributed by atoms with Crippen LogP contribution in [0.4, 0.5) is 5.69 Å². The van der Waals surface area contributed by atoms with E-state index in [9.17, 15) is 4.79 Å². The van der Waals surface area contributed by atoms with Crippen LogP contribution in [0, 0.1) is 11.3 Å². The van der Waals surface area contributed by atoms with Crippen LogP contribution in [0.5, 0.6) is 0 Å². The largest absolute Gasteiger partial charge is 0.326 e. The normalized spacial score (nSPS) is 9.33. The van der Waals surface area contributed by atoms with E-state index in [0.29, 0.717) is 12.0 Å². The van der Waals surface area contributed by atoms with Gasteiger partial charge in [-0.25, -0.2) is 0 Å². The fraction of sp³-hybridized carbons (Fsp3) is 0.273. The van der Waals surface area contributed by atoms with Crippen LogP contribution in [-0.4, -0.2) is 17.9 Å². The first-order valence-electron chi connectivity index (χ1n) is 4.55. The molecule has 0 aromatic heterocycles. The SMILES string of the molecule is CSCCC(=O)Nc1ccc(C#N)cc1. The summed E-state index contributed by atoms with van der Waals surface area (Å²) in [4.78, 5) is 11.3. The van der Waals surface area contributed by atoms with E-state index in [-0.39, 0.29) is 5.91 Å². The van der Waals surface area contributed by atoms with Crippen molar-refractivity contribution in [2.75, 3.05) is 17.3 Å². The van der Waals surface area contributed by atoms with Crippen LogP contribution in [0.1, 0.15) is 12.0 Å². The molecule has 0 spiro atoms. The molecule has 4 heteroatoms. The first-order chi connectivity index (χ1) is 7.26. The molecule has 1 N–H and O–H groups in total. The van der Waals surface area contributed by atoms with E-state index in [0.717, 1.165) is 11.4 Å². The van der Waals surface area contributed by atoms with Crippen LogP contribution in [0.15, 0.2) is 24.3 Å². The zero-order chi connectivity index (χ0) is 11.1. The van der Waals surface area contributed by atoms with Crippen LogP contribution in [0.25, 0.3) is 0 Å². The molecule has 0 aliphatic heterocycles. The third kappa shape index (κ3) is 4.05. The van der Waals surface area contributed by atoms with Crippen molar-refractivity contribution in [1.29, 1.82) is 5.26 Å². The van der Waals surface area contributed by atoms with Gasteiger partial charge in [0.05, 0.1) is 11.6 Å². The molecule has 0 unspecified atom stereocenters. The number of rotatable bonds is 4. The zero-order valence-electron chi connectivity index (χ0n) is 8.49. The van der Waals surface area contributed by atoms with E-state index >= 15 is 0 Å². The highest BCUT2D eigenvalue weighted by Crippen LogP contribution is 2.09. The van der Waals surface area contributed by atoms with Gasteiger partial charge in [0.15, 0.2) is 0 Å². The Bertz CT molecular complexity index is 367. The molecule has 0 bridgehead atoms. The van der Waals surface area contributed by atoms with Crippen molar-refractivity contribution in [3.05, 3.63) is 29.8 Å². The number of hydrogen-bond donors (Lipinski definition) is 1. The highest BCUT2D eigenvalue weighted by Gasteiger charge is 2.01. The van der Waals surface area contributed by atoms with Crippen LogP contribution < -0.4 is 5.32 Å². The Balaban J connectivity index is 2.50. The van der Waals surface area contributed by atoms with Gasteiger partial charge in [-0.05, 0) is 30.5 Å². The molecule has 1 amide bonds. The molecule has 0 aliphatic rings. The van der Waals surface area contributed by atoms with Gasteiger partial charge in [0.1, 0.15) is 0 Å². The van der Waals surface area contributed by atoms with Gasteiger partial charge in [0, 0.05) is 17.9 Å². The fourth-order valence-corrected chi connectivity index (χ4v) is 1.44. The number of carbonyl (C=O) groups is 1. The molecule has 1 rings (SSSR count). The van der Waals surface area contributed by atoms with Crippen molar-refractivity contribution >= 4 is 23.4 Å². The number of carbonyl (C=O) groups excluding carboxylic acids is 1. The van der Waals surface area contributed by atoms with Gasteiger partial charge >= 0.3 is 0 Å². The molecule has 78 valence electrons. The molecule has 0 aliphatic carbocycles. The van der Waals surface area contributed by atoms with Crippen molar-refractivity contribution in [2.45, 2.75) is 6.42 Å². The molecule has 0 saturated heterocycles. The van der Waals surface area contributed by atoms with E-state index in [1.54, 1.807) is 36.0 Å². The summed E-state index contributed by atoms with van der Waals surface area (Å²) in [6, 6.07) is 8.86. The quantitative estimate of drug-likeness (QED) is 0.846. The Labute approximate surface area is 93.5 Å².